The van der Waals surface area contributed by atoms with Crippen LogP contribution >= 0.6 is 0 Å². The molecule has 0 bridgehead atoms. The molecule has 1 unspecified atom stereocenters. The minimum atomic E-state index is -0.994. The molecule has 2 N–H and O–H groups in total. The lowest BCUT2D eigenvalue weighted by Crippen LogP contribution is -2.42. The van der Waals surface area contributed by atoms with Gasteiger partial charge in [-0.2, -0.15) is 0 Å². The van der Waals surface area contributed by atoms with Crippen molar-refractivity contribution in [2.24, 2.45) is 5.92 Å². The highest BCUT2D eigenvalue weighted by molar-refractivity contribution is 5.84. The molecule has 0 aromatic carbocycles. The number of carboxylic acid groups (broad SMARTS) is 1. The molecule has 1 rings (SSSR count). The number of pyridine rings is 1. The normalized spacial score (nSPS) is 12.2. The molecule has 0 aliphatic carbocycles. The monoisotopic (exact) mass is 250 g/mol. The Balaban J connectivity index is 2.54. The van der Waals surface area contributed by atoms with Gasteiger partial charge in [0.15, 0.2) is 0 Å². The lowest BCUT2D eigenvalue weighted by molar-refractivity contribution is -0.142. The van der Waals surface area contributed by atoms with E-state index in [0.717, 1.165) is 5.56 Å². The first-order valence-corrected chi connectivity index (χ1v) is 5.90. The zero-order chi connectivity index (χ0) is 13.5. The van der Waals surface area contributed by atoms with Crippen LogP contribution in [-0.4, -0.2) is 28.0 Å². The number of carbonyl (C=O) groups is 2. The van der Waals surface area contributed by atoms with Crippen molar-refractivity contribution in [3.05, 3.63) is 30.1 Å². The summed E-state index contributed by atoms with van der Waals surface area (Å²) < 4.78 is 0. The fourth-order valence-corrected chi connectivity index (χ4v) is 1.62. The molecule has 0 saturated carbocycles. The molecular formula is C13H18N2O3. The number of hydrogen-bond donors (Lipinski definition) is 2. The molecule has 18 heavy (non-hydrogen) atoms. The lowest BCUT2D eigenvalue weighted by Gasteiger charge is -2.16. The Morgan fingerprint density at radius 2 is 1.94 bits per heavy atom. The Morgan fingerprint density at radius 3 is 2.44 bits per heavy atom. The first-order chi connectivity index (χ1) is 8.49. The summed E-state index contributed by atoms with van der Waals surface area (Å²) in [4.78, 5) is 26.6. The van der Waals surface area contributed by atoms with Crippen molar-refractivity contribution in [1.82, 2.24) is 10.3 Å². The topological polar surface area (TPSA) is 79.3 Å². The van der Waals surface area contributed by atoms with Crippen LogP contribution in [0.2, 0.25) is 0 Å². The zero-order valence-corrected chi connectivity index (χ0v) is 10.6. The van der Waals surface area contributed by atoms with Crippen molar-refractivity contribution in [2.45, 2.75) is 32.7 Å². The maximum atomic E-state index is 11.7. The highest BCUT2D eigenvalue weighted by atomic mass is 16.4. The van der Waals surface area contributed by atoms with Crippen molar-refractivity contribution < 1.29 is 14.7 Å². The summed E-state index contributed by atoms with van der Waals surface area (Å²) in [6.07, 6.45) is 3.80. The number of carboxylic acids is 1. The molecule has 0 aliphatic rings. The first-order valence-electron chi connectivity index (χ1n) is 5.90. The quantitative estimate of drug-likeness (QED) is 0.796. The van der Waals surface area contributed by atoms with Gasteiger partial charge in [0, 0.05) is 12.4 Å². The molecule has 1 aromatic heterocycles. The second-order valence-electron chi connectivity index (χ2n) is 4.62. The molecule has 1 heterocycles. The average molecular weight is 250 g/mol. The van der Waals surface area contributed by atoms with Crippen LogP contribution in [0.1, 0.15) is 25.8 Å². The molecular weight excluding hydrogens is 232 g/mol. The highest BCUT2D eigenvalue weighted by Gasteiger charge is 2.20. The van der Waals surface area contributed by atoms with E-state index in [9.17, 15) is 9.59 Å². The van der Waals surface area contributed by atoms with Crippen molar-refractivity contribution in [3.63, 3.8) is 0 Å². The molecule has 5 heteroatoms. The van der Waals surface area contributed by atoms with Gasteiger partial charge in [0.25, 0.3) is 0 Å². The smallest absolute Gasteiger partial charge is 0.326 e. The summed E-state index contributed by atoms with van der Waals surface area (Å²) in [6, 6.07) is 2.65. The van der Waals surface area contributed by atoms with Crippen LogP contribution in [-0.2, 0) is 16.0 Å². The van der Waals surface area contributed by atoms with Gasteiger partial charge >= 0.3 is 5.97 Å². The Bertz CT molecular complexity index is 404. The van der Waals surface area contributed by atoms with Crippen LogP contribution in [0.15, 0.2) is 24.5 Å². The van der Waals surface area contributed by atoms with Crippen molar-refractivity contribution >= 4 is 11.9 Å². The van der Waals surface area contributed by atoms with Gasteiger partial charge in [-0.15, -0.1) is 0 Å². The van der Waals surface area contributed by atoms with Gasteiger partial charge in [-0.25, -0.2) is 4.79 Å². The number of amides is 1. The molecule has 0 fully saturated rings. The number of nitrogens with one attached hydrogen (secondary N) is 1. The zero-order valence-electron chi connectivity index (χ0n) is 10.6. The van der Waals surface area contributed by atoms with Gasteiger partial charge in [-0.3, -0.25) is 9.78 Å². The molecule has 1 aromatic rings. The summed E-state index contributed by atoms with van der Waals surface area (Å²) in [5, 5.41) is 11.5. The van der Waals surface area contributed by atoms with Crippen molar-refractivity contribution in [2.75, 3.05) is 0 Å². The summed E-state index contributed by atoms with van der Waals surface area (Å²) >= 11 is 0. The first kappa shape index (κ1) is 14.2. The van der Waals surface area contributed by atoms with E-state index in [1.54, 1.807) is 24.5 Å². The van der Waals surface area contributed by atoms with Gasteiger partial charge in [0.05, 0.1) is 6.42 Å². The van der Waals surface area contributed by atoms with Crippen LogP contribution < -0.4 is 5.32 Å². The largest absolute Gasteiger partial charge is 0.480 e. The van der Waals surface area contributed by atoms with E-state index >= 15 is 0 Å². The Kier molecular flexibility index (Phi) is 5.30. The number of aromatic nitrogens is 1. The van der Waals surface area contributed by atoms with E-state index in [0.29, 0.717) is 6.42 Å². The fraction of sp³-hybridized carbons (Fsp3) is 0.462. The van der Waals surface area contributed by atoms with E-state index in [4.69, 9.17) is 5.11 Å². The van der Waals surface area contributed by atoms with Gasteiger partial charge in [0.2, 0.25) is 5.91 Å². The molecule has 0 spiro atoms. The summed E-state index contributed by atoms with van der Waals surface area (Å²) in [7, 11) is 0. The number of carbonyl (C=O) groups excluding carboxylic acids is 1. The Hall–Kier alpha value is -1.91. The van der Waals surface area contributed by atoms with Gasteiger partial charge < -0.3 is 10.4 Å². The summed E-state index contributed by atoms with van der Waals surface area (Å²) in [5.41, 5.74) is 0.816. The highest BCUT2D eigenvalue weighted by Crippen LogP contribution is 2.06. The van der Waals surface area contributed by atoms with Crippen LogP contribution in [0.3, 0.4) is 0 Å². The summed E-state index contributed by atoms with van der Waals surface area (Å²) in [6.45, 7) is 3.84. The molecule has 0 aliphatic heterocycles. The van der Waals surface area contributed by atoms with E-state index in [1.807, 2.05) is 13.8 Å². The Morgan fingerprint density at radius 1 is 1.33 bits per heavy atom. The molecule has 0 saturated heterocycles. The fourth-order valence-electron chi connectivity index (χ4n) is 1.62. The number of aliphatic carboxylic acids is 1. The third kappa shape index (κ3) is 4.95. The number of rotatable bonds is 6. The standard InChI is InChI=1S/C13H18N2O3/c1-9(2)7-11(13(17)18)15-12(16)8-10-3-5-14-6-4-10/h3-6,9,11H,7-8H2,1-2H3,(H,15,16)(H,17,18). The van der Waals surface area contributed by atoms with Crippen LogP contribution in [0.25, 0.3) is 0 Å². The van der Waals surface area contributed by atoms with Crippen LogP contribution in [0.4, 0.5) is 0 Å². The molecule has 1 atom stereocenters. The molecule has 98 valence electrons. The molecule has 1 amide bonds. The number of nitrogens with zero attached hydrogens (tertiary/aromatic N) is 1. The number of hydrogen-bond acceptors (Lipinski definition) is 3. The van der Waals surface area contributed by atoms with Crippen molar-refractivity contribution in [1.29, 1.82) is 0 Å². The predicted octanol–water partition coefficient (Wildman–Crippen LogP) is 1.24. The maximum absolute atomic E-state index is 11.7. The van der Waals surface area contributed by atoms with Crippen molar-refractivity contribution in [3.8, 4) is 0 Å². The van der Waals surface area contributed by atoms with Crippen LogP contribution in [0.5, 0.6) is 0 Å². The second kappa shape index (κ2) is 6.74. The van der Waals surface area contributed by atoms with E-state index < -0.39 is 12.0 Å². The molecule has 5 nitrogen and oxygen atoms in total. The van der Waals surface area contributed by atoms with Gasteiger partial charge in [0.1, 0.15) is 6.04 Å². The second-order valence-corrected chi connectivity index (χ2v) is 4.62. The molecule has 0 radical (unpaired) electrons. The minimum absolute atomic E-state index is 0.171. The maximum Gasteiger partial charge on any atom is 0.326 e. The van der Waals surface area contributed by atoms with E-state index in [1.165, 1.54) is 0 Å². The van der Waals surface area contributed by atoms with E-state index in [2.05, 4.69) is 10.3 Å². The minimum Gasteiger partial charge on any atom is -0.480 e. The van der Waals surface area contributed by atoms with Gasteiger partial charge in [-0.1, -0.05) is 13.8 Å². The van der Waals surface area contributed by atoms with Gasteiger partial charge in [-0.05, 0) is 30.0 Å². The predicted molar refractivity (Wildman–Crippen MR) is 67.0 cm³/mol. The third-order valence-electron chi connectivity index (χ3n) is 2.45. The summed E-state index contributed by atoms with van der Waals surface area (Å²) in [5.74, 6) is -1.06. The van der Waals surface area contributed by atoms with Crippen LogP contribution in [0, 0.1) is 5.92 Å². The third-order valence-corrected chi connectivity index (χ3v) is 2.45. The SMILES string of the molecule is CC(C)CC(NC(=O)Cc1ccncc1)C(=O)O. The lowest BCUT2D eigenvalue weighted by atomic mass is 10.0. The Labute approximate surface area is 106 Å². The van der Waals surface area contributed by atoms with E-state index in [-0.39, 0.29) is 18.2 Å². The average Bonchev–Trinajstić information content (AvgIpc) is 2.28.